The van der Waals surface area contributed by atoms with Crippen molar-refractivity contribution in [3.05, 3.63) is 45.4 Å². The molecule has 0 aliphatic rings. The van der Waals surface area contributed by atoms with Gasteiger partial charge in [-0.15, -0.1) is 0 Å². The number of carboxylic acid groups (broad SMARTS) is 1. The molecule has 2 aromatic heterocycles. The van der Waals surface area contributed by atoms with Gasteiger partial charge in [-0.1, -0.05) is 19.9 Å². The van der Waals surface area contributed by atoms with Gasteiger partial charge in [0.25, 0.3) is 5.56 Å². The largest absolute Gasteiger partial charge is 0.480 e. The van der Waals surface area contributed by atoms with Crippen molar-refractivity contribution in [2.45, 2.75) is 26.3 Å². The van der Waals surface area contributed by atoms with E-state index in [1.807, 2.05) is 13.8 Å². The summed E-state index contributed by atoms with van der Waals surface area (Å²) in [6.07, 6.45) is 3.41. The molecule has 7 nitrogen and oxygen atoms in total. The first-order valence-corrected chi connectivity index (χ1v) is 7.88. The van der Waals surface area contributed by atoms with E-state index in [9.17, 15) is 14.7 Å². The second kappa shape index (κ2) is 7.36. The predicted octanol–water partition coefficient (Wildman–Crippen LogP) is 2.30. The van der Waals surface area contributed by atoms with Crippen LogP contribution in [0.5, 0.6) is 0 Å². The van der Waals surface area contributed by atoms with Gasteiger partial charge in [0.2, 0.25) is 0 Å². The Balaban J connectivity index is 2.34. The predicted molar refractivity (Wildman–Crippen MR) is 89.8 cm³/mol. The fourth-order valence-electron chi connectivity index (χ4n) is 2.06. The molecule has 2 N–H and O–H groups in total. The third kappa shape index (κ3) is 4.16. The van der Waals surface area contributed by atoms with Gasteiger partial charge in [0.05, 0.1) is 11.9 Å². The Bertz CT molecular complexity index is 746. The lowest BCUT2D eigenvalue weighted by atomic mass is 10.0. The highest BCUT2D eigenvalue weighted by Crippen LogP contribution is 2.20. The van der Waals surface area contributed by atoms with Crippen LogP contribution in [0.15, 0.2) is 39.9 Å². The molecule has 0 amide bonds. The van der Waals surface area contributed by atoms with Gasteiger partial charge in [-0.3, -0.25) is 4.79 Å². The number of pyridine rings is 1. The Labute approximate surface area is 141 Å². The highest BCUT2D eigenvalue weighted by molar-refractivity contribution is 9.10. The van der Waals surface area contributed by atoms with Crippen molar-refractivity contribution < 1.29 is 9.90 Å². The number of nitrogens with one attached hydrogen (secondary N) is 1. The highest BCUT2D eigenvalue weighted by atomic mass is 79.9. The number of aliphatic carboxylic acids is 1. The minimum Gasteiger partial charge on any atom is -0.480 e. The van der Waals surface area contributed by atoms with Crippen molar-refractivity contribution >= 4 is 27.6 Å². The molecule has 0 fully saturated rings. The molecular weight excluding hydrogens is 364 g/mol. The van der Waals surface area contributed by atoms with Crippen LogP contribution >= 0.6 is 15.9 Å². The van der Waals surface area contributed by atoms with Gasteiger partial charge in [-0.05, 0) is 40.4 Å². The first-order valence-electron chi connectivity index (χ1n) is 7.08. The molecule has 0 unspecified atom stereocenters. The van der Waals surface area contributed by atoms with E-state index in [-0.39, 0.29) is 10.4 Å². The second-order valence-corrected chi connectivity index (χ2v) is 6.23. The van der Waals surface area contributed by atoms with Crippen molar-refractivity contribution in [2.75, 3.05) is 5.32 Å². The average Bonchev–Trinajstić information content (AvgIpc) is 2.51. The number of nitrogens with zero attached hydrogens (tertiary/aromatic N) is 3. The topological polar surface area (TPSA) is 97.1 Å². The number of carbonyl (C=O) groups is 1. The molecule has 0 saturated heterocycles. The van der Waals surface area contributed by atoms with E-state index in [1.54, 1.807) is 24.4 Å². The summed E-state index contributed by atoms with van der Waals surface area (Å²) in [7, 11) is 0. The van der Waals surface area contributed by atoms with E-state index in [1.165, 1.54) is 6.20 Å². The van der Waals surface area contributed by atoms with Gasteiger partial charge in [-0.25, -0.2) is 9.78 Å². The van der Waals surface area contributed by atoms with Crippen molar-refractivity contribution in [3.63, 3.8) is 0 Å². The number of hydrogen-bond acceptors (Lipinski definition) is 5. The van der Waals surface area contributed by atoms with E-state index in [0.717, 1.165) is 4.68 Å². The summed E-state index contributed by atoms with van der Waals surface area (Å²) in [6, 6.07) is 4.35. The molecule has 0 saturated carbocycles. The van der Waals surface area contributed by atoms with Crippen LogP contribution in [0.25, 0.3) is 5.82 Å². The molecule has 0 spiro atoms. The normalized spacial score (nSPS) is 12.2. The molecular formula is C15H17BrN4O3. The van der Waals surface area contributed by atoms with Crippen LogP contribution in [0, 0.1) is 5.92 Å². The lowest BCUT2D eigenvalue weighted by Gasteiger charge is -2.18. The number of anilines is 1. The summed E-state index contributed by atoms with van der Waals surface area (Å²) >= 11 is 3.22. The number of carboxylic acids is 1. The number of hydrogen-bond donors (Lipinski definition) is 2. The average molecular weight is 381 g/mol. The molecule has 0 aliphatic heterocycles. The number of rotatable bonds is 6. The zero-order valence-corrected chi connectivity index (χ0v) is 14.3. The standard InChI is InChI=1S/C15H17BrN4O3/c1-9(2)7-10(15(22)23)19-11-8-18-20(14(21)13(11)16)12-5-3-4-6-17-12/h3-6,8-10,19H,7H2,1-2H3,(H,22,23)/t10-/m1/s1. The van der Waals surface area contributed by atoms with Crippen LogP contribution in [0.3, 0.4) is 0 Å². The molecule has 2 heterocycles. The molecule has 23 heavy (non-hydrogen) atoms. The fraction of sp³-hybridized carbons (Fsp3) is 0.333. The Morgan fingerprint density at radius 2 is 2.17 bits per heavy atom. The molecule has 0 aromatic carbocycles. The van der Waals surface area contributed by atoms with Gasteiger partial charge in [0, 0.05) is 6.20 Å². The minimum atomic E-state index is -0.973. The SMILES string of the molecule is CC(C)C[C@@H](Nc1cnn(-c2ccccn2)c(=O)c1Br)C(=O)O. The first-order chi connectivity index (χ1) is 10.9. The van der Waals surface area contributed by atoms with Crippen molar-refractivity contribution in [1.29, 1.82) is 0 Å². The van der Waals surface area contributed by atoms with Crippen LogP contribution in [-0.4, -0.2) is 31.9 Å². The van der Waals surface area contributed by atoms with E-state index < -0.39 is 17.6 Å². The van der Waals surface area contributed by atoms with E-state index >= 15 is 0 Å². The van der Waals surface area contributed by atoms with Gasteiger partial charge in [0.15, 0.2) is 5.82 Å². The third-order valence-electron chi connectivity index (χ3n) is 3.12. The number of aromatic nitrogens is 3. The molecule has 0 aliphatic carbocycles. The van der Waals surface area contributed by atoms with Gasteiger partial charge >= 0.3 is 5.97 Å². The maximum atomic E-state index is 12.4. The minimum absolute atomic E-state index is 0.198. The van der Waals surface area contributed by atoms with Gasteiger partial charge in [-0.2, -0.15) is 9.78 Å². The van der Waals surface area contributed by atoms with Crippen LogP contribution in [0.4, 0.5) is 5.69 Å². The summed E-state index contributed by atoms with van der Waals surface area (Å²) in [5.41, 5.74) is -0.0717. The fourth-order valence-corrected chi connectivity index (χ4v) is 2.44. The number of halogens is 1. The van der Waals surface area contributed by atoms with Crippen molar-refractivity contribution in [2.24, 2.45) is 5.92 Å². The summed E-state index contributed by atoms with van der Waals surface area (Å²) in [4.78, 5) is 27.8. The Morgan fingerprint density at radius 3 is 2.74 bits per heavy atom. The lowest BCUT2D eigenvalue weighted by Crippen LogP contribution is -2.32. The summed E-state index contributed by atoms with van der Waals surface area (Å²) in [5, 5.41) is 16.2. The summed E-state index contributed by atoms with van der Waals surface area (Å²) < 4.78 is 1.36. The zero-order chi connectivity index (χ0) is 17.0. The Hall–Kier alpha value is -2.22. The van der Waals surface area contributed by atoms with Crippen molar-refractivity contribution in [1.82, 2.24) is 14.8 Å². The quantitative estimate of drug-likeness (QED) is 0.797. The smallest absolute Gasteiger partial charge is 0.326 e. The van der Waals surface area contributed by atoms with Crippen LogP contribution in [0.1, 0.15) is 20.3 Å². The summed E-state index contributed by atoms with van der Waals surface area (Å²) in [6.45, 7) is 3.87. The Morgan fingerprint density at radius 1 is 1.43 bits per heavy atom. The molecule has 0 bridgehead atoms. The highest BCUT2D eigenvalue weighted by Gasteiger charge is 2.21. The third-order valence-corrected chi connectivity index (χ3v) is 3.89. The second-order valence-electron chi connectivity index (χ2n) is 5.44. The van der Waals surface area contributed by atoms with Crippen molar-refractivity contribution in [3.8, 4) is 5.82 Å². The van der Waals surface area contributed by atoms with Gasteiger partial charge in [0.1, 0.15) is 10.5 Å². The molecule has 0 radical (unpaired) electrons. The van der Waals surface area contributed by atoms with Crippen LogP contribution in [-0.2, 0) is 4.79 Å². The molecule has 8 heteroatoms. The van der Waals surface area contributed by atoms with E-state index in [4.69, 9.17) is 0 Å². The molecule has 1 atom stereocenters. The summed E-state index contributed by atoms with van der Waals surface area (Å²) in [5.74, 6) is -0.384. The molecule has 2 rings (SSSR count). The maximum absolute atomic E-state index is 12.4. The van der Waals surface area contributed by atoms with E-state index in [0.29, 0.717) is 17.9 Å². The van der Waals surface area contributed by atoms with Crippen LogP contribution in [0.2, 0.25) is 0 Å². The lowest BCUT2D eigenvalue weighted by molar-refractivity contribution is -0.138. The van der Waals surface area contributed by atoms with E-state index in [2.05, 4.69) is 31.3 Å². The van der Waals surface area contributed by atoms with Gasteiger partial charge < -0.3 is 10.4 Å². The molecule has 122 valence electrons. The monoisotopic (exact) mass is 380 g/mol. The zero-order valence-electron chi connectivity index (χ0n) is 12.7. The first kappa shape index (κ1) is 17.1. The van der Waals surface area contributed by atoms with Crippen LogP contribution < -0.4 is 10.9 Å². The maximum Gasteiger partial charge on any atom is 0.326 e. The Kier molecular flexibility index (Phi) is 5.49. The molecule has 2 aromatic rings.